The van der Waals surface area contributed by atoms with Crippen molar-refractivity contribution in [3.8, 4) is 0 Å². The highest BCUT2D eigenvalue weighted by molar-refractivity contribution is 7.91. The summed E-state index contributed by atoms with van der Waals surface area (Å²) < 4.78 is 36.9. The molecule has 0 heterocycles. The largest absolute Gasteiger partial charge is 0.355 e. The molecule has 0 saturated heterocycles. The average molecular weight is 349 g/mol. The smallest absolute Gasteiger partial charge is 0.224 e. The first-order chi connectivity index (χ1) is 11.4. The summed E-state index contributed by atoms with van der Waals surface area (Å²) in [6, 6.07) is 12.8. The third-order valence-corrected chi connectivity index (χ3v) is 5.46. The minimum absolute atomic E-state index is 0.000352. The average Bonchev–Trinajstić information content (AvgIpc) is 2.57. The number of sulfone groups is 1. The van der Waals surface area contributed by atoms with Crippen molar-refractivity contribution in [2.24, 2.45) is 0 Å². The van der Waals surface area contributed by atoms with Gasteiger partial charge in [0.15, 0.2) is 9.84 Å². The maximum atomic E-state index is 13.5. The van der Waals surface area contributed by atoms with E-state index in [2.05, 4.69) is 5.32 Å². The Kier molecular flexibility index (Phi) is 6.09. The summed E-state index contributed by atoms with van der Waals surface area (Å²) in [6.07, 6.45) is 0.579. The van der Waals surface area contributed by atoms with Crippen LogP contribution in [0.5, 0.6) is 0 Å². The van der Waals surface area contributed by atoms with Gasteiger partial charge in [-0.3, -0.25) is 4.79 Å². The van der Waals surface area contributed by atoms with E-state index in [0.717, 1.165) is 5.56 Å². The second-order valence-corrected chi connectivity index (χ2v) is 7.69. The van der Waals surface area contributed by atoms with Gasteiger partial charge < -0.3 is 5.32 Å². The second-order valence-electron chi connectivity index (χ2n) is 5.42. The van der Waals surface area contributed by atoms with Gasteiger partial charge in [-0.25, -0.2) is 12.8 Å². The third kappa shape index (κ3) is 4.89. The Labute approximate surface area is 141 Å². The molecule has 1 amide bonds. The monoisotopic (exact) mass is 349 g/mol. The summed E-state index contributed by atoms with van der Waals surface area (Å²) in [5.41, 5.74) is 1.29. The first kappa shape index (κ1) is 18.1. The first-order valence-corrected chi connectivity index (χ1v) is 9.39. The van der Waals surface area contributed by atoms with E-state index in [4.69, 9.17) is 0 Å². The number of nitrogens with one attached hydrogen (secondary N) is 1. The maximum Gasteiger partial charge on any atom is 0.224 e. The normalized spacial score (nSPS) is 11.2. The van der Waals surface area contributed by atoms with Crippen LogP contribution in [0, 0.1) is 5.82 Å². The number of benzene rings is 2. The zero-order valence-corrected chi connectivity index (χ0v) is 14.3. The van der Waals surface area contributed by atoms with Gasteiger partial charge >= 0.3 is 0 Å². The fourth-order valence-corrected chi connectivity index (χ4v) is 3.14. The standard InChI is InChI=1S/C18H20FNO3S/c1-2-24(22,23)16-9-7-14(8-10-16)11-12-20-18(21)13-15-5-3-4-6-17(15)19/h3-10H,2,11-13H2,1H3,(H,20,21). The minimum Gasteiger partial charge on any atom is -0.355 e. The van der Waals surface area contributed by atoms with Crippen LogP contribution < -0.4 is 5.32 Å². The van der Waals surface area contributed by atoms with E-state index in [1.54, 1.807) is 49.4 Å². The maximum absolute atomic E-state index is 13.5. The molecule has 1 N–H and O–H groups in total. The van der Waals surface area contributed by atoms with Gasteiger partial charge in [-0.15, -0.1) is 0 Å². The van der Waals surface area contributed by atoms with Crippen molar-refractivity contribution in [3.63, 3.8) is 0 Å². The molecule has 0 aliphatic carbocycles. The molecule has 2 aromatic rings. The molecule has 0 spiro atoms. The van der Waals surface area contributed by atoms with E-state index < -0.39 is 9.84 Å². The second kappa shape index (κ2) is 8.06. The predicted octanol–water partition coefficient (Wildman–Crippen LogP) is 2.52. The third-order valence-electron chi connectivity index (χ3n) is 3.71. The van der Waals surface area contributed by atoms with Crippen molar-refractivity contribution in [1.82, 2.24) is 5.32 Å². The van der Waals surface area contributed by atoms with Crippen molar-refractivity contribution in [2.45, 2.75) is 24.7 Å². The van der Waals surface area contributed by atoms with Gasteiger partial charge in [-0.2, -0.15) is 0 Å². The van der Waals surface area contributed by atoms with E-state index in [1.165, 1.54) is 6.07 Å². The Morgan fingerprint density at radius 1 is 1.08 bits per heavy atom. The molecule has 0 aromatic heterocycles. The van der Waals surface area contributed by atoms with Gasteiger partial charge in [0.2, 0.25) is 5.91 Å². The molecule has 2 rings (SSSR count). The Hall–Kier alpha value is -2.21. The SMILES string of the molecule is CCS(=O)(=O)c1ccc(CCNC(=O)Cc2ccccc2F)cc1. The molecule has 4 nitrogen and oxygen atoms in total. The van der Waals surface area contributed by atoms with Crippen molar-refractivity contribution in [2.75, 3.05) is 12.3 Å². The minimum atomic E-state index is -3.19. The molecule has 0 aliphatic heterocycles. The quantitative estimate of drug-likeness (QED) is 0.835. The van der Waals surface area contributed by atoms with Gasteiger partial charge in [0.1, 0.15) is 5.82 Å². The lowest BCUT2D eigenvalue weighted by molar-refractivity contribution is -0.120. The summed E-state index contributed by atoms with van der Waals surface area (Å²) in [5.74, 6) is -0.566. The molecule has 0 aliphatic rings. The molecular formula is C18H20FNO3S. The van der Waals surface area contributed by atoms with E-state index in [-0.39, 0.29) is 23.9 Å². The molecule has 0 saturated carbocycles. The van der Waals surface area contributed by atoms with Crippen LogP contribution in [0.25, 0.3) is 0 Å². The molecular weight excluding hydrogens is 329 g/mol. The van der Waals surface area contributed by atoms with E-state index in [9.17, 15) is 17.6 Å². The fraction of sp³-hybridized carbons (Fsp3) is 0.278. The Balaban J connectivity index is 1.84. The Morgan fingerprint density at radius 3 is 2.38 bits per heavy atom. The molecule has 0 fully saturated rings. The lowest BCUT2D eigenvalue weighted by atomic mass is 10.1. The Bertz CT molecular complexity index is 801. The molecule has 6 heteroatoms. The molecule has 2 aromatic carbocycles. The van der Waals surface area contributed by atoms with Gasteiger partial charge in [0.25, 0.3) is 0 Å². The van der Waals surface area contributed by atoms with Crippen molar-refractivity contribution in [1.29, 1.82) is 0 Å². The van der Waals surface area contributed by atoms with Crippen LogP contribution in [0.2, 0.25) is 0 Å². The van der Waals surface area contributed by atoms with Crippen LogP contribution in [-0.4, -0.2) is 26.6 Å². The molecule has 0 radical (unpaired) electrons. The van der Waals surface area contributed by atoms with Crippen LogP contribution >= 0.6 is 0 Å². The van der Waals surface area contributed by atoms with Crippen LogP contribution in [0.15, 0.2) is 53.4 Å². The molecule has 0 bridgehead atoms. The number of rotatable bonds is 7. The van der Waals surface area contributed by atoms with Gasteiger partial charge in [0, 0.05) is 6.54 Å². The van der Waals surface area contributed by atoms with Crippen molar-refractivity contribution < 1.29 is 17.6 Å². The first-order valence-electron chi connectivity index (χ1n) is 7.74. The number of amides is 1. The summed E-state index contributed by atoms with van der Waals surface area (Å²) in [4.78, 5) is 12.1. The number of halogens is 1. The number of hydrogen-bond donors (Lipinski definition) is 1. The van der Waals surface area contributed by atoms with Crippen LogP contribution in [0.3, 0.4) is 0 Å². The number of hydrogen-bond acceptors (Lipinski definition) is 3. The van der Waals surface area contributed by atoms with Crippen LogP contribution in [-0.2, 0) is 27.5 Å². The summed E-state index contributed by atoms with van der Waals surface area (Å²) in [5, 5.41) is 2.74. The molecule has 128 valence electrons. The van der Waals surface area contributed by atoms with Crippen molar-refractivity contribution in [3.05, 3.63) is 65.5 Å². The van der Waals surface area contributed by atoms with E-state index >= 15 is 0 Å². The summed E-state index contributed by atoms with van der Waals surface area (Å²) in [6.45, 7) is 2.02. The highest BCUT2D eigenvalue weighted by Crippen LogP contribution is 2.12. The summed E-state index contributed by atoms with van der Waals surface area (Å²) >= 11 is 0. The lowest BCUT2D eigenvalue weighted by Gasteiger charge is -2.07. The highest BCUT2D eigenvalue weighted by atomic mass is 32.2. The molecule has 0 atom stereocenters. The number of carbonyl (C=O) groups excluding carboxylic acids is 1. The van der Waals surface area contributed by atoms with Gasteiger partial charge in [-0.05, 0) is 35.7 Å². The lowest BCUT2D eigenvalue weighted by Crippen LogP contribution is -2.27. The number of carbonyl (C=O) groups is 1. The Morgan fingerprint density at radius 2 is 1.75 bits per heavy atom. The van der Waals surface area contributed by atoms with E-state index in [1.807, 2.05) is 0 Å². The van der Waals surface area contributed by atoms with Crippen molar-refractivity contribution >= 4 is 15.7 Å². The fourth-order valence-electron chi connectivity index (χ4n) is 2.25. The summed E-state index contributed by atoms with van der Waals surface area (Å²) in [7, 11) is -3.19. The van der Waals surface area contributed by atoms with E-state index in [0.29, 0.717) is 23.4 Å². The van der Waals surface area contributed by atoms with Crippen LogP contribution in [0.1, 0.15) is 18.1 Å². The predicted molar refractivity (Wildman–Crippen MR) is 91.0 cm³/mol. The van der Waals surface area contributed by atoms with Crippen LogP contribution in [0.4, 0.5) is 4.39 Å². The van der Waals surface area contributed by atoms with Gasteiger partial charge in [-0.1, -0.05) is 37.3 Å². The highest BCUT2D eigenvalue weighted by Gasteiger charge is 2.11. The zero-order chi connectivity index (χ0) is 17.6. The molecule has 24 heavy (non-hydrogen) atoms. The topological polar surface area (TPSA) is 63.2 Å². The zero-order valence-electron chi connectivity index (χ0n) is 13.5. The van der Waals surface area contributed by atoms with Gasteiger partial charge in [0.05, 0.1) is 17.1 Å². The molecule has 0 unspecified atom stereocenters.